The van der Waals surface area contributed by atoms with Crippen molar-refractivity contribution in [1.82, 2.24) is 5.32 Å². The van der Waals surface area contributed by atoms with E-state index in [4.69, 9.17) is 9.84 Å². The van der Waals surface area contributed by atoms with Gasteiger partial charge in [0.1, 0.15) is 0 Å². The molecule has 190 valence electrons. The van der Waals surface area contributed by atoms with Crippen LogP contribution in [0.5, 0.6) is 0 Å². The summed E-state index contributed by atoms with van der Waals surface area (Å²) in [6.45, 7) is 7.76. The lowest BCUT2D eigenvalue weighted by atomic mass is 9.41. The predicted molar refractivity (Wildman–Crippen MR) is 127 cm³/mol. The van der Waals surface area contributed by atoms with Crippen molar-refractivity contribution in [3.05, 3.63) is 0 Å². The molecule has 1 amide bonds. The first-order valence-corrected chi connectivity index (χ1v) is 13.6. The second-order valence-electron chi connectivity index (χ2n) is 12.1. The highest BCUT2D eigenvalue weighted by atomic mass is 16.5. The Labute approximate surface area is 199 Å². The van der Waals surface area contributed by atoms with Crippen molar-refractivity contribution in [3.8, 4) is 0 Å². The molecule has 0 heterocycles. The van der Waals surface area contributed by atoms with Crippen molar-refractivity contribution >= 4 is 6.09 Å². The molecule has 10 atom stereocenters. The van der Waals surface area contributed by atoms with Gasteiger partial charge in [-0.25, -0.2) is 4.79 Å². The molecule has 4 aliphatic rings. The van der Waals surface area contributed by atoms with Crippen LogP contribution in [0.4, 0.5) is 4.79 Å². The molecule has 0 unspecified atom stereocenters. The molecule has 0 aliphatic heterocycles. The van der Waals surface area contributed by atoms with Crippen LogP contribution in [0.15, 0.2) is 0 Å². The number of nitrogens with one attached hydrogen (secondary N) is 1. The first kappa shape index (κ1) is 25.2. The number of carbonyl (C=O) groups is 1. The molecule has 6 nitrogen and oxygen atoms in total. The van der Waals surface area contributed by atoms with Crippen LogP contribution in [-0.2, 0) is 4.74 Å². The van der Waals surface area contributed by atoms with Gasteiger partial charge in [0.25, 0.3) is 0 Å². The predicted octanol–water partition coefficient (Wildman–Crippen LogP) is 4.11. The van der Waals surface area contributed by atoms with E-state index >= 15 is 0 Å². The van der Waals surface area contributed by atoms with Crippen molar-refractivity contribution in [1.29, 1.82) is 0 Å². The van der Waals surface area contributed by atoms with Crippen LogP contribution >= 0.6 is 0 Å². The second-order valence-corrected chi connectivity index (χ2v) is 12.1. The molecule has 4 rings (SSSR count). The van der Waals surface area contributed by atoms with Gasteiger partial charge in [0.15, 0.2) is 0 Å². The summed E-state index contributed by atoms with van der Waals surface area (Å²) >= 11 is 0. The highest BCUT2D eigenvalue weighted by Crippen LogP contribution is 2.69. The smallest absolute Gasteiger partial charge is 0.407 e. The number of carbonyl (C=O) groups excluding carboxylic acids is 1. The van der Waals surface area contributed by atoms with Crippen LogP contribution in [0.2, 0.25) is 0 Å². The quantitative estimate of drug-likeness (QED) is 0.424. The molecular formula is C27H47NO5. The van der Waals surface area contributed by atoms with E-state index in [2.05, 4.69) is 26.1 Å². The lowest BCUT2D eigenvalue weighted by Crippen LogP contribution is -2.62. The summed E-state index contributed by atoms with van der Waals surface area (Å²) in [6.07, 6.45) is 9.78. The number of amides is 1. The Morgan fingerprint density at radius 1 is 1.03 bits per heavy atom. The van der Waals surface area contributed by atoms with E-state index in [1.807, 2.05) is 0 Å². The fraction of sp³-hybridized carbons (Fsp3) is 0.963. The summed E-state index contributed by atoms with van der Waals surface area (Å²) in [5.74, 6) is 2.90. The Bertz CT molecular complexity index is 687. The molecular weight excluding hydrogens is 418 g/mol. The number of hydrogen-bond donors (Lipinski definition) is 4. The van der Waals surface area contributed by atoms with Crippen molar-refractivity contribution in [2.24, 2.45) is 46.3 Å². The number of alkyl carbamates (subject to hydrolysis) is 1. The summed E-state index contributed by atoms with van der Waals surface area (Å²) < 4.78 is 5.26. The topological polar surface area (TPSA) is 99.0 Å². The highest BCUT2D eigenvalue weighted by Gasteiger charge is 2.64. The Morgan fingerprint density at radius 3 is 2.48 bits per heavy atom. The van der Waals surface area contributed by atoms with Crippen LogP contribution in [0.25, 0.3) is 0 Å². The molecule has 33 heavy (non-hydrogen) atoms. The van der Waals surface area contributed by atoms with E-state index in [0.29, 0.717) is 42.1 Å². The molecule has 0 aromatic carbocycles. The minimum atomic E-state index is -0.448. The van der Waals surface area contributed by atoms with Gasteiger partial charge in [0.2, 0.25) is 0 Å². The van der Waals surface area contributed by atoms with E-state index in [0.717, 1.165) is 38.5 Å². The molecule has 4 N–H and O–H groups in total. The van der Waals surface area contributed by atoms with Gasteiger partial charge in [-0.1, -0.05) is 27.2 Å². The summed E-state index contributed by atoms with van der Waals surface area (Å²) in [6, 6.07) is 0. The van der Waals surface area contributed by atoms with Gasteiger partial charge in [-0.3, -0.25) is 0 Å². The number of rotatable bonds is 7. The van der Waals surface area contributed by atoms with E-state index in [-0.39, 0.29) is 36.2 Å². The lowest BCUT2D eigenvalue weighted by Gasteiger charge is -2.64. The molecule has 4 saturated carbocycles. The van der Waals surface area contributed by atoms with Crippen LogP contribution in [0, 0.1) is 46.3 Å². The Kier molecular flexibility index (Phi) is 7.67. The number of fused-ring (bicyclic) bond motifs is 5. The maximum atomic E-state index is 11.7. The van der Waals surface area contributed by atoms with Gasteiger partial charge in [0.05, 0.1) is 25.4 Å². The Morgan fingerprint density at radius 2 is 1.76 bits per heavy atom. The summed E-state index contributed by atoms with van der Waals surface area (Å²) in [7, 11) is 0. The van der Waals surface area contributed by atoms with E-state index < -0.39 is 6.09 Å². The number of aliphatic hydroxyl groups excluding tert-OH is 3. The first-order valence-electron chi connectivity index (χ1n) is 13.6. The summed E-state index contributed by atoms with van der Waals surface area (Å²) in [5, 5.41) is 33.5. The maximum absolute atomic E-state index is 11.7. The highest BCUT2D eigenvalue weighted by molar-refractivity contribution is 5.66. The van der Waals surface area contributed by atoms with E-state index in [1.165, 1.54) is 25.7 Å². The molecule has 0 bridgehead atoms. The number of aliphatic hydroxyl groups is 3. The van der Waals surface area contributed by atoms with Gasteiger partial charge in [-0.15, -0.1) is 0 Å². The standard InChI is InChI=1S/C27H47NO5/c1-4-19-22-16-18(30)9-11-27(22,3)21-10-12-26(2)17(7-8-20(26)23(21)24(19)31)6-5-15-33-25(32)28-13-14-29/h17-24,29-31H,4-16H2,1-3H3,(H,28,32)/t17-,18+,19+,20-,21-,22-,23-,24+,26+,27+/m0/s1. The third kappa shape index (κ3) is 4.45. The van der Waals surface area contributed by atoms with E-state index in [1.54, 1.807) is 0 Å². The third-order valence-electron chi connectivity index (χ3n) is 10.9. The molecule has 0 radical (unpaired) electrons. The van der Waals surface area contributed by atoms with E-state index in [9.17, 15) is 15.0 Å². The van der Waals surface area contributed by atoms with Crippen molar-refractivity contribution in [2.75, 3.05) is 19.8 Å². The number of hydrogen-bond acceptors (Lipinski definition) is 5. The molecule has 4 aliphatic carbocycles. The van der Waals surface area contributed by atoms with Crippen molar-refractivity contribution < 1.29 is 24.9 Å². The molecule has 0 aromatic heterocycles. The summed E-state index contributed by atoms with van der Waals surface area (Å²) in [4.78, 5) is 11.6. The van der Waals surface area contributed by atoms with Gasteiger partial charge in [-0.2, -0.15) is 0 Å². The normalized spacial score (nSPS) is 46.7. The fourth-order valence-corrected chi connectivity index (χ4v) is 9.24. The zero-order valence-electron chi connectivity index (χ0n) is 21.0. The Balaban J connectivity index is 1.43. The van der Waals surface area contributed by atoms with Gasteiger partial charge < -0.3 is 25.4 Å². The average Bonchev–Trinajstić information content (AvgIpc) is 3.13. The zero-order valence-corrected chi connectivity index (χ0v) is 21.0. The Hall–Kier alpha value is -0.850. The average molecular weight is 466 g/mol. The third-order valence-corrected chi connectivity index (χ3v) is 10.9. The second kappa shape index (κ2) is 10.0. The largest absolute Gasteiger partial charge is 0.450 e. The fourth-order valence-electron chi connectivity index (χ4n) is 9.24. The SMILES string of the molecule is CC[C@H]1[C@@H](O)[C@@H]2[C@H](CC[C@]3(C)[C@@H](CCCOC(=O)NCCO)CC[C@@H]23)[C@@]2(C)CC[C@@H](O)C[C@@H]12. The molecule has 0 saturated heterocycles. The maximum Gasteiger partial charge on any atom is 0.407 e. The number of ether oxygens (including phenoxy) is 1. The van der Waals surface area contributed by atoms with Crippen LogP contribution in [0.1, 0.15) is 85.0 Å². The van der Waals surface area contributed by atoms with Crippen LogP contribution in [0.3, 0.4) is 0 Å². The monoisotopic (exact) mass is 465 g/mol. The molecule has 0 aromatic rings. The minimum Gasteiger partial charge on any atom is -0.450 e. The first-order chi connectivity index (χ1) is 15.8. The molecule has 4 fully saturated rings. The lowest BCUT2D eigenvalue weighted by molar-refractivity contribution is -0.202. The van der Waals surface area contributed by atoms with Crippen molar-refractivity contribution in [2.45, 2.75) is 97.2 Å². The van der Waals surface area contributed by atoms with Gasteiger partial charge in [-0.05, 0) is 104 Å². The van der Waals surface area contributed by atoms with Crippen LogP contribution < -0.4 is 5.32 Å². The summed E-state index contributed by atoms with van der Waals surface area (Å²) in [5.41, 5.74) is 0.510. The van der Waals surface area contributed by atoms with Crippen molar-refractivity contribution in [3.63, 3.8) is 0 Å². The molecule has 6 heteroatoms. The molecule has 0 spiro atoms. The van der Waals surface area contributed by atoms with Crippen LogP contribution in [-0.4, -0.2) is 53.4 Å². The zero-order chi connectivity index (χ0) is 23.8. The van der Waals surface area contributed by atoms with Gasteiger partial charge in [0, 0.05) is 6.54 Å². The minimum absolute atomic E-state index is 0.0792. The van der Waals surface area contributed by atoms with Gasteiger partial charge >= 0.3 is 6.09 Å².